The van der Waals surface area contributed by atoms with Crippen LogP contribution in [0.3, 0.4) is 0 Å². The minimum absolute atomic E-state index is 0.0294. The van der Waals surface area contributed by atoms with Crippen LogP contribution in [0.5, 0.6) is 5.75 Å². The lowest BCUT2D eigenvalue weighted by Crippen LogP contribution is -2.54. The number of hydrogen-bond donors (Lipinski definition) is 2. The molecule has 21 heavy (non-hydrogen) atoms. The number of para-hydroxylation sites is 1. The van der Waals surface area contributed by atoms with Gasteiger partial charge in [0.05, 0.1) is 24.7 Å². The molecular weight excluding hydrogens is 266 g/mol. The van der Waals surface area contributed by atoms with Crippen LogP contribution in [0.1, 0.15) is 50.0 Å². The predicted molar refractivity (Wildman–Crippen MR) is 80.3 cm³/mol. The monoisotopic (exact) mass is 289 g/mol. The zero-order valence-corrected chi connectivity index (χ0v) is 12.3. The molecule has 1 aliphatic carbocycles. The third-order valence-electron chi connectivity index (χ3n) is 4.78. The van der Waals surface area contributed by atoms with Crippen molar-refractivity contribution >= 4 is 5.91 Å². The molecule has 3 rings (SSSR count). The predicted octanol–water partition coefficient (Wildman–Crippen LogP) is 2.36. The number of rotatable bonds is 3. The molecule has 1 heterocycles. The topological polar surface area (TPSA) is 58.6 Å². The summed E-state index contributed by atoms with van der Waals surface area (Å²) in [6.07, 6.45) is 5.79. The van der Waals surface area contributed by atoms with Crippen LogP contribution in [0.15, 0.2) is 24.3 Å². The van der Waals surface area contributed by atoms with Gasteiger partial charge in [0.2, 0.25) is 5.91 Å². The molecule has 1 fully saturated rings. The van der Waals surface area contributed by atoms with Gasteiger partial charge >= 0.3 is 0 Å². The van der Waals surface area contributed by atoms with Crippen molar-refractivity contribution in [1.29, 1.82) is 0 Å². The standard InChI is InChI=1S/C17H23NO3/c19-12-17(9-4-1-5-10-17)18-16(20)14-8-11-21-15-7-3-2-6-13(14)15/h2-3,6-7,14,19H,1,4-5,8-12H2,(H,18,20). The van der Waals surface area contributed by atoms with Crippen molar-refractivity contribution in [3.63, 3.8) is 0 Å². The highest BCUT2D eigenvalue weighted by Crippen LogP contribution is 2.35. The second-order valence-electron chi connectivity index (χ2n) is 6.22. The Morgan fingerprint density at radius 2 is 2.05 bits per heavy atom. The minimum Gasteiger partial charge on any atom is -0.493 e. The number of amides is 1. The number of nitrogens with one attached hydrogen (secondary N) is 1. The Morgan fingerprint density at radius 1 is 1.29 bits per heavy atom. The van der Waals surface area contributed by atoms with E-state index in [9.17, 15) is 9.90 Å². The second kappa shape index (κ2) is 6.06. The normalized spacial score (nSPS) is 23.8. The molecule has 0 bridgehead atoms. The summed E-state index contributed by atoms with van der Waals surface area (Å²) >= 11 is 0. The molecule has 1 atom stereocenters. The van der Waals surface area contributed by atoms with Gasteiger partial charge in [-0.3, -0.25) is 4.79 Å². The lowest BCUT2D eigenvalue weighted by molar-refractivity contribution is -0.126. The van der Waals surface area contributed by atoms with E-state index in [2.05, 4.69) is 5.32 Å². The van der Waals surface area contributed by atoms with Gasteiger partial charge in [-0.1, -0.05) is 37.5 Å². The van der Waals surface area contributed by atoms with Gasteiger partial charge < -0.3 is 15.2 Å². The van der Waals surface area contributed by atoms with Gasteiger partial charge in [0, 0.05) is 5.56 Å². The average Bonchev–Trinajstić information content (AvgIpc) is 2.55. The second-order valence-corrected chi connectivity index (χ2v) is 6.22. The molecule has 114 valence electrons. The number of hydrogen-bond acceptors (Lipinski definition) is 3. The number of ether oxygens (including phenoxy) is 1. The molecule has 4 nitrogen and oxygen atoms in total. The summed E-state index contributed by atoms with van der Waals surface area (Å²) in [4.78, 5) is 12.7. The van der Waals surface area contributed by atoms with E-state index in [1.54, 1.807) is 0 Å². The van der Waals surface area contributed by atoms with Gasteiger partial charge in [-0.15, -0.1) is 0 Å². The third-order valence-corrected chi connectivity index (χ3v) is 4.78. The fraction of sp³-hybridized carbons (Fsp3) is 0.588. The van der Waals surface area contributed by atoms with Crippen molar-refractivity contribution in [2.75, 3.05) is 13.2 Å². The van der Waals surface area contributed by atoms with E-state index in [0.29, 0.717) is 13.0 Å². The fourth-order valence-corrected chi connectivity index (χ4v) is 3.51. The molecule has 1 aliphatic heterocycles. The molecule has 0 radical (unpaired) electrons. The molecule has 4 heteroatoms. The highest BCUT2D eigenvalue weighted by molar-refractivity contribution is 5.85. The van der Waals surface area contributed by atoms with E-state index >= 15 is 0 Å². The van der Waals surface area contributed by atoms with Crippen LogP contribution in [-0.2, 0) is 4.79 Å². The number of carbonyl (C=O) groups is 1. The lowest BCUT2D eigenvalue weighted by Gasteiger charge is -2.38. The Balaban J connectivity index is 1.77. The van der Waals surface area contributed by atoms with Gasteiger partial charge in [-0.2, -0.15) is 0 Å². The number of aliphatic hydroxyl groups is 1. The maximum atomic E-state index is 12.7. The summed E-state index contributed by atoms with van der Waals surface area (Å²) in [7, 11) is 0. The molecule has 0 spiro atoms. The van der Waals surface area contributed by atoms with Crippen LogP contribution in [0.2, 0.25) is 0 Å². The van der Waals surface area contributed by atoms with Gasteiger partial charge in [0.15, 0.2) is 0 Å². The number of fused-ring (bicyclic) bond motifs is 1. The maximum Gasteiger partial charge on any atom is 0.228 e. The van der Waals surface area contributed by atoms with Crippen LogP contribution >= 0.6 is 0 Å². The lowest BCUT2D eigenvalue weighted by atomic mass is 9.81. The molecule has 0 aromatic heterocycles. The summed E-state index contributed by atoms with van der Waals surface area (Å²) in [6.45, 7) is 0.602. The van der Waals surface area contributed by atoms with Gasteiger partial charge in [-0.25, -0.2) is 0 Å². The molecule has 1 saturated carbocycles. The van der Waals surface area contributed by atoms with Crippen molar-refractivity contribution < 1.29 is 14.6 Å². The number of carbonyl (C=O) groups excluding carboxylic acids is 1. The van der Waals surface area contributed by atoms with Crippen molar-refractivity contribution in [2.45, 2.75) is 50.0 Å². The first-order valence-corrected chi connectivity index (χ1v) is 7.89. The van der Waals surface area contributed by atoms with Crippen molar-refractivity contribution in [3.8, 4) is 5.75 Å². The largest absolute Gasteiger partial charge is 0.493 e. The number of aliphatic hydroxyl groups excluding tert-OH is 1. The molecule has 1 aromatic rings. The summed E-state index contributed by atoms with van der Waals surface area (Å²) < 4.78 is 5.62. The first kappa shape index (κ1) is 14.4. The average molecular weight is 289 g/mol. The summed E-state index contributed by atoms with van der Waals surface area (Å²) in [5.74, 6) is 0.674. The van der Waals surface area contributed by atoms with E-state index in [1.807, 2.05) is 24.3 Å². The smallest absolute Gasteiger partial charge is 0.228 e. The number of benzene rings is 1. The van der Waals surface area contributed by atoms with Crippen LogP contribution in [0.25, 0.3) is 0 Å². The Kier molecular flexibility index (Phi) is 4.15. The van der Waals surface area contributed by atoms with E-state index in [1.165, 1.54) is 6.42 Å². The Bertz CT molecular complexity index is 509. The Morgan fingerprint density at radius 3 is 2.81 bits per heavy atom. The first-order chi connectivity index (χ1) is 10.2. The SMILES string of the molecule is O=C(NC1(CO)CCCCC1)C1CCOc2ccccc21. The van der Waals surface area contributed by atoms with Crippen molar-refractivity contribution in [3.05, 3.63) is 29.8 Å². The van der Waals surface area contributed by atoms with Gasteiger partial charge in [0.25, 0.3) is 0 Å². The molecule has 2 aliphatic rings. The van der Waals surface area contributed by atoms with Crippen LogP contribution in [0, 0.1) is 0 Å². The highest BCUT2D eigenvalue weighted by atomic mass is 16.5. The third kappa shape index (κ3) is 2.91. The summed E-state index contributed by atoms with van der Waals surface area (Å²) in [5.41, 5.74) is 0.549. The minimum atomic E-state index is -0.414. The molecule has 0 saturated heterocycles. The molecular formula is C17H23NO3. The highest BCUT2D eigenvalue weighted by Gasteiger charge is 2.36. The van der Waals surface area contributed by atoms with Crippen LogP contribution in [-0.4, -0.2) is 29.8 Å². The molecule has 1 aromatic carbocycles. The first-order valence-electron chi connectivity index (χ1n) is 7.89. The quantitative estimate of drug-likeness (QED) is 0.898. The van der Waals surface area contributed by atoms with Crippen molar-refractivity contribution in [1.82, 2.24) is 5.32 Å². The summed E-state index contributed by atoms with van der Waals surface area (Å²) in [5, 5.41) is 12.9. The van der Waals surface area contributed by atoms with Crippen LogP contribution < -0.4 is 10.1 Å². The molecule has 1 amide bonds. The zero-order chi connectivity index (χ0) is 14.7. The van der Waals surface area contributed by atoms with Crippen LogP contribution in [0.4, 0.5) is 0 Å². The Labute approximate surface area is 125 Å². The van der Waals surface area contributed by atoms with E-state index in [4.69, 9.17) is 4.74 Å². The van der Waals surface area contributed by atoms with Crippen molar-refractivity contribution in [2.24, 2.45) is 0 Å². The van der Waals surface area contributed by atoms with E-state index in [-0.39, 0.29) is 18.4 Å². The van der Waals surface area contributed by atoms with E-state index in [0.717, 1.165) is 37.0 Å². The Hall–Kier alpha value is -1.55. The molecule has 1 unspecified atom stereocenters. The fourth-order valence-electron chi connectivity index (χ4n) is 3.51. The molecule has 2 N–H and O–H groups in total. The maximum absolute atomic E-state index is 12.7. The van der Waals surface area contributed by atoms with E-state index < -0.39 is 5.54 Å². The zero-order valence-electron chi connectivity index (χ0n) is 12.3. The van der Waals surface area contributed by atoms with Gasteiger partial charge in [0.1, 0.15) is 5.75 Å². The summed E-state index contributed by atoms with van der Waals surface area (Å²) in [6, 6.07) is 7.74. The van der Waals surface area contributed by atoms with Gasteiger partial charge in [-0.05, 0) is 25.3 Å².